The maximum absolute atomic E-state index is 12.6. The van der Waals surface area contributed by atoms with E-state index in [0.717, 1.165) is 34.4 Å². The highest BCUT2D eigenvalue weighted by molar-refractivity contribution is 5.78. The van der Waals surface area contributed by atoms with Gasteiger partial charge >= 0.3 is 5.69 Å². The Hall–Kier alpha value is -3.15. The van der Waals surface area contributed by atoms with Crippen LogP contribution in [-0.2, 0) is 17.8 Å². The Morgan fingerprint density at radius 3 is 2.45 bits per heavy atom. The lowest BCUT2D eigenvalue weighted by Gasteiger charge is -2.14. The number of aryl methyl sites for hydroxylation is 2. The number of nitrogens with zero attached hydrogens (tertiary/aromatic N) is 2. The van der Waals surface area contributed by atoms with Crippen LogP contribution in [0.1, 0.15) is 43.0 Å². The van der Waals surface area contributed by atoms with Gasteiger partial charge in [0.05, 0.1) is 5.69 Å². The van der Waals surface area contributed by atoms with Crippen LogP contribution in [-0.4, -0.2) is 20.7 Å². The fourth-order valence-electron chi connectivity index (χ4n) is 3.32. The molecule has 1 heterocycles. The van der Waals surface area contributed by atoms with Crippen molar-refractivity contribution in [1.29, 1.82) is 0 Å². The fraction of sp³-hybridized carbons (Fsp3) is 0.348. The minimum atomic E-state index is -0.276. The summed E-state index contributed by atoms with van der Waals surface area (Å²) < 4.78 is 1.39. The molecule has 0 aliphatic carbocycles. The normalized spacial score (nSPS) is 11.1. The zero-order valence-electron chi connectivity index (χ0n) is 17.7. The summed E-state index contributed by atoms with van der Waals surface area (Å²) in [4.78, 5) is 27.4. The van der Waals surface area contributed by atoms with Crippen LogP contribution in [0.15, 0.2) is 41.2 Å². The zero-order chi connectivity index (χ0) is 21.1. The van der Waals surface area contributed by atoms with Gasteiger partial charge in [-0.15, -0.1) is 5.10 Å². The smallest absolute Gasteiger partial charge is 0.348 e. The highest BCUT2D eigenvalue weighted by atomic mass is 16.2. The Morgan fingerprint density at radius 2 is 1.83 bits per heavy atom. The van der Waals surface area contributed by atoms with E-state index in [1.165, 1.54) is 10.2 Å². The molecule has 0 spiro atoms. The van der Waals surface area contributed by atoms with E-state index in [0.29, 0.717) is 12.4 Å². The van der Waals surface area contributed by atoms with Crippen LogP contribution in [0, 0.1) is 19.8 Å². The van der Waals surface area contributed by atoms with E-state index >= 15 is 0 Å². The van der Waals surface area contributed by atoms with E-state index in [1.807, 2.05) is 64.1 Å². The number of nitrogens with one attached hydrogen (secondary N) is 2. The van der Waals surface area contributed by atoms with Gasteiger partial charge in [-0.1, -0.05) is 45.0 Å². The first-order valence-electron chi connectivity index (χ1n) is 9.97. The molecule has 0 unspecified atom stereocenters. The first kappa shape index (κ1) is 20.6. The summed E-state index contributed by atoms with van der Waals surface area (Å²) in [6.45, 7) is 10.3. The number of aromatic nitrogens is 3. The van der Waals surface area contributed by atoms with Crippen LogP contribution in [0.2, 0.25) is 0 Å². The molecule has 3 rings (SSSR count). The van der Waals surface area contributed by atoms with E-state index in [2.05, 4.69) is 22.3 Å². The summed E-state index contributed by atoms with van der Waals surface area (Å²) in [7, 11) is 0. The lowest BCUT2D eigenvalue weighted by molar-refractivity contribution is -0.124. The van der Waals surface area contributed by atoms with Crippen molar-refractivity contribution in [2.24, 2.45) is 5.92 Å². The quantitative estimate of drug-likeness (QED) is 0.672. The first-order valence-corrected chi connectivity index (χ1v) is 9.97. The lowest BCUT2D eigenvalue weighted by Crippen LogP contribution is -2.27. The van der Waals surface area contributed by atoms with Gasteiger partial charge in [0.1, 0.15) is 0 Å². The molecule has 0 aliphatic rings. The Balaban J connectivity index is 1.97. The van der Waals surface area contributed by atoms with Crippen LogP contribution >= 0.6 is 0 Å². The Labute approximate surface area is 171 Å². The summed E-state index contributed by atoms with van der Waals surface area (Å²) >= 11 is 0. The number of aromatic amines is 1. The maximum Gasteiger partial charge on any atom is 0.348 e. The minimum Gasteiger partial charge on any atom is -0.352 e. The second-order valence-electron chi connectivity index (χ2n) is 7.62. The zero-order valence-corrected chi connectivity index (χ0v) is 17.7. The number of amides is 1. The fourth-order valence-corrected chi connectivity index (χ4v) is 3.32. The number of rotatable bonds is 6. The summed E-state index contributed by atoms with van der Waals surface area (Å²) in [5.41, 5.74) is 5.57. The molecule has 3 aromatic rings. The highest BCUT2D eigenvalue weighted by Gasteiger charge is 2.16. The molecule has 0 fully saturated rings. The molecule has 0 aliphatic heterocycles. The number of carbonyl (C=O) groups is 1. The largest absolute Gasteiger partial charge is 0.352 e. The van der Waals surface area contributed by atoms with E-state index in [4.69, 9.17) is 0 Å². The first-order chi connectivity index (χ1) is 13.8. The van der Waals surface area contributed by atoms with E-state index in [9.17, 15) is 9.59 Å². The van der Waals surface area contributed by atoms with Gasteiger partial charge in [0, 0.05) is 18.0 Å². The van der Waals surface area contributed by atoms with Crippen LogP contribution in [0.3, 0.4) is 0 Å². The topological polar surface area (TPSA) is 79.8 Å². The molecule has 0 saturated heterocycles. The van der Waals surface area contributed by atoms with Gasteiger partial charge in [-0.3, -0.25) is 9.78 Å². The van der Waals surface area contributed by atoms with Crippen molar-refractivity contribution in [2.75, 3.05) is 0 Å². The van der Waals surface area contributed by atoms with Gasteiger partial charge in [-0.25, -0.2) is 4.79 Å². The van der Waals surface area contributed by atoms with E-state index in [-0.39, 0.29) is 17.5 Å². The molecule has 0 atom stereocenters. The Bertz CT molecular complexity index is 1080. The number of hydrogen-bond acceptors (Lipinski definition) is 3. The molecule has 29 heavy (non-hydrogen) atoms. The van der Waals surface area contributed by atoms with Gasteiger partial charge in [-0.05, 0) is 54.7 Å². The molecule has 2 N–H and O–H groups in total. The van der Waals surface area contributed by atoms with Crippen LogP contribution in [0.4, 0.5) is 0 Å². The molecule has 0 radical (unpaired) electrons. The predicted octanol–water partition coefficient (Wildman–Crippen LogP) is 3.68. The molecule has 152 valence electrons. The average molecular weight is 393 g/mol. The van der Waals surface area contributed by atoms with Crippen LogP contribution in [0.25, 0.3) is 17.1 Å². The summed E-state index contributed by atoms with van der Waals surface area (Å²) in [6, 6.07) is 11.8. The average Bonchev–Trinajstić information content (AvgIpc) is 3.08. The van der Waals surface area contributed by atoms with Gasteiger partial charge in [0.2, 0.25) is 5.91 Å². The van der Waals surface area contributed by atoms with Crippen molar-refractivity contribution in [1.82, 2.24) is 20.1 Å². The molecule has 1 aromatic heterocycles. The number of benzene rings is 2. The third-order valence-electron chi connectivity index (χ3n) is 5.21. The predicted molar refractivity (Wildman–Crippen MR) is 115 cm³/mol. The molecule has 1 amide bonds. The summed E-state index contributed by atoms with van der Waals surface area (Å²) in [6.07, 6.45) is 0.944. The minimum absolute atomic E-state index is 0.0136. The molecule has 6 heteroatoms. The molecule has 2 aromatic carbocycles. The van der Waals surface area contributed by atoms with Crippen molar-refractivity contribution >= 4 is 5.91 Å². The van der Waals surface area contributed by atoms with Gasteiger partial charge in [-0.2, -0.15) is 4.68 Å². The van der Waals surface area contributed by atoms with Crippen LogP contribution in [0.5, 0.6) is 0 Å². The second kappa shape index (κ2) is 8.47. The van der Waals surface area contributed by atoms with Crippen molar-refractivity contribution in [2.45, 2.75) is 47.6 Å². The molecule has 6 nitrogen and oxygen atoms in total. The maximum atomic E-state index is 12.6. The number of H-pyrrole nitrogens is 1. The summed E-state index contributed by atoms with van der Waals surface area (Å²) in [5.74, 6) is 0.479. The van der Waals surface area contributed by atoms with Crippen molar-refractivity contribution < 1.29 is 4.79 Å². The van der Waals surface area contributed by atoms with E-state index < -0.39 is 0 Å². The lowest BCUT2D eigenvalue weighted by atomic mass is 9.97. The second-order valence-corrected chi connectivity index (χ2v) is 7.62. The van der Waals surface area contributed by atoms with Gasteiger partial charge < -0.3 is 5.32 Å². The highest BCUT2D eigenvalue weighted by Crippen LogP contribution is 2.26. The molecule has 0 saturated carbocycles. The number of hydrogen-bond donors (Lipinski definition) is 2. The summed E-state index contributed by atoms with van der Waals surface area (Å²) in [5, 5.41) is 7.51. The van der Waals surface area contributed by atoms with Crippen LogP contribution < -0.4 is 11.0 Å². The molecule has 0 bridgehead atoms. The van der Waals surface area contributed by atoms with Gasteiger partial charge in [0.15, 0.2) is 5.82 Å². The van der Waals surface area contributed by atoms with Crippen molar-refractivity contribution in [3.8, 4) is 17.1 Å². The van der Waals surface area contributed by atoms with Crippen molar-refractivity contribution in [3.05, 3.63) is 69.1 Å². The van der Waals surface area contributed by atoms with Gasteiger partial charge in [0.25, 0.3) is 0 Å². The Kier molecular flexibility index (Phi) is 6.01. The SMILES string of the molecule is CCc1ccc(-n2nc(-c3c(C)ccc(CNC(=O)C(C)C)c3C)[nH]c2=O)cc1. The standard InChI is InChI=1S/C23H28N4O2/c1-6-17-8-11-19(12-9-17)27-23(29)25-21(26-27)20-15(4)7-10-18(16(20)5)13-24-22(28)14(2)3/h7-12,14H,6,13H2,1-5H3,(H,24,28)(H,25,26,29). The molecular formula is C23H28N4O2. The number of carbonyl (C=O) groups excluding carboxylic acids is 1. The monoisotopic (exact) mass is 392 g/mol. The van der Waals surface area contributed by atoms with Crippen molar-refractivity contribution in [3.63, 3.8) is 0 Å². The molecular weight excluding hydrogens is 364 g/mol. The third kappa shape index (κ3) is 4.31. The third-order valence-corrected chi connectivity index (χ3v) is 5.21. The Morgan fingerprint density at radius 1 is 1.14 bits per heavy atom. The van der Waals surface area contributed by atoms with E-state index in [1.54, 1.807) is 0 Å².